The van der Waals surface area contributed by atoms with Gasteiger partial charge in [0, 0.05) is 0 Å². The maximum Gasteiger partial charge on any atom is 0.324 e. The van der Waals surface area contributed by atoms with Crippen molar-refractivity contribution in [1.82, 2.24) is 14.9 Å². The highest BCUT2D eigenvalue weighted by Gasteiger charge is 2.30. The number of H-pyrrole nitrogens is 1. The maximum absolute atomic E-state index is 11.8. The molecule has 0 bridgehead atoms. The summed E-state index contributed by atoms with van der Waals surface area (Å²) in [7, 11) is -4.02. The number of aryl methyl sites for hydroxylation is 1. The minimum Gasteiger partial charge on any atom is -0.480 e. The molecule has 0 aliphatic rings. The second-order valence-corrected chi connectivity index (χ2v) is 5.22. The van der Waals surface area contributed by atoms with Crippen molar-refractivity contribution in [2.75, 3.05) is 0 Å². The largest absolute Gasteiger partial charge is 0.480 e. The van der Waals surface area contributed by atoms with Crippen LogP contribution in [0.4, 0.5) is 0 Å². The Labute approximate surface area is 97.7 Å². The van der Waals surface area contributed by atoms with E-state index >= 15 is 0 Å². The highest BCUT2D eigenvalue weighted by Crippen LogP contribution is 2.12. The highest BCUT2D eigenvalue weighted by molar-refractivity contribution is 7.89. The molecule has 0 aromatic carbocycles. The van der Waals surface area contributed by atoms with Crippen molar-refractivity contribution in [3.05, 3.63) is 11.9 Å². The Morgan fingerprint density at radius 1 is 1.59 bits per heavy atom. The molecule has 1 rings (SSSR count). The van der Waals surface area contributed by atoms with Gasteiger partial charge in [-0.3, -0.25) is 9.89 Å². The number of aliphatic hydroxyl groups is 1. The quantitative estimate of drug-likeness (QED) is 0.529. The van der Waals surface area contributed by atoms with Gasteiger partial charge in [-0.2, -0.15) is 9.82 Å². The zero-order valence-corrected chi connectivity index (χ0v) is 10.0. The van der Waals surface area contributed by atoms with E-state index in [2.05, 4.69) is 10.2 Å². The van der Waals surface area contributed by atoms with E-state index in [4.69, 9.17) is 5.11 Å². The van der Waals surface area contributed by atoms with Crippen LogP contribution >= 0.6 is 0 Å². The first-order chi connectivity index (χ1) is 7.75. The minimum absolute atomic E-state index is 0.149. The number of sulfonamides is 1. The van der Waals surface area contributed by atoms with E-state index < -0.39 is 28.1 Å². The van der Waals surface area contributed by atoms with Gasteiger partial charge < -0.3 is 10.2 Å². The van der Waals surface area contributed by atoms with Crippen LogP contribution in [0.5, 0.6) is 0 Å². The van der Waals surface area contributed by atoms with Crippen molar-refractivity contribution in [3.8, 4) is 0 Å². The number of aliphatic carboxylic acids is 1. The number of nitrogens with zero attached hydrogens (tertiary/aromatic N) is 1. The molecule has 8 nitrogen and oxygen atoms in total. The van der Waals surface area contributed by atoms with Gasteiger partial charge in [-0.1, -0.05) is 0 Å². The summed E-state index contributed by atoms with van der Waals surface area (Å²) in [5.41, 5.74) is 0.284. The third kappa shape index (κ3) is 3.02. The molecule has 0 radical (unpaired) electrons. The summed E-state index contributed by atoms with van der Waals surface area (Å²) in [6.45, 7) is 2.67. The lowest BCUT2D eigenvalue weighted by molar-refractivity contribution is -0.141. The third-order valence-corrected chi connectivity index (χ3v) is 3.66. The van der Waals surface area contributed by atoms with Crippen molar-refractivity contribution in [3.63, 3.8) is 0 Å². The first-order valence-electron chi connectivity index (χ1n) is 4.69. The van der Waals surface area contributed by atoms with E-state index in [1.807, 2.05) is 4.72 Å². The van der Waals surface area contributed by atoms with E-state index in [-0.39, 0.29) is 10.6 Å². The molecule has 0 fully saturated rings. The van der Waals surface area contributed by atoms with E-state index in [0.717, 1.165) is 6.20 Å². The molecule has 0 amide bonds. The first kappa shape index (κ1) is 13.6. The van der Waals surface area contributed by atoms with Gasteiger partial charge in [0.1, 0.15) is 10.9 Å². The van der Waals surface area contributed by atoms with Crippen LogP contribution in [0.15, 0.2) is 11.1 Å². The van der Waals surface area contributed by atoms with Crippen molar-refractivity contribution in [2.24, 2.45) is 0 Å². The Morgan fingerprint density at radius 3 is 2.53 bits per heavy atom. The Balaban J connectivity index is 3.01. The fourth-order valence-corrected chi connectivity index (χ4v) is 2.60. The van der Waals surface area contributed by atoms with Gasteiger partial charge >= 0.3 is 5.97 Å². The molecule has 1 aromatic heterocycles. The molecule has 96 valence electrons. The summed E-state index contributed by atoms with van der Waals surface area (Å²) in [4.78, 5) is 10.6. The summed E-state index contributed by atoms with van der Waals surface area (Å²) < 4.78 is 25.5. The number of aromatic amines is 1. The number of carboxylic acids is 1. The fourth-order valence-electron chi connectivity index (χ4n) is 1.20. The lowest BCUT2D eigenvalue weighted by atomic mass is 10.2. The number of rotatable bonds is 5. The van der Waals surface area contributed by atoms with Crippen LogP contribution in [-0.4, -0.2) is 46.9 Å². The maximum atomic E-state index is 11.8. The predicted octanol–water partition coefficient (Wildman–Crippen LogP) is -1.17. The van der Waals surface area contributed by atoms with Crippen LogP contribution in [0.25, 0.3) is 0 Å². The van der Waals surface area contributed by atoms with Crippen LogP contribution in [0.2, 0.25) is 0 Å². The van der Waals surface area contributed by atoms with Gasteiger partial charge in [-0.15, -0.1) is 0 Å². The van der Waals surface area contributed by atoms with E-state index in [1.165, 1.54) is 13.8 Å². The van der Waals surface area contributed by atoms with Crippen LogP contribution in [0.3, 0.4) is 0 Å². The SMILES string of the molecule is Cc1[nH]ncc1S(=O)(=O)N[C@H](C(=O)O)[C@@H](C)O. The molecule has 0 spiro atoms. The van der Waals surface area contributed by atoms with E-state index in [9.17, 15) is 18.3 Å². The summed E-state index contributed by atoms with van der Waals surface area (Å²) in [6.07, 6.45) is -0.284. The number of hydrogen-bond donors (Lipinski definition) is 4. The molecule has 0 unspecified atom stereocenters. The smallest absolute Gasteiger partial charge is 0.324 e. The van der Waals surface area contributed by atoms with Crippen molar-refractivity contribution >= 4 is 16.0 Å². The summed E-state index contributed by atoms with van der Waals surface area (Å²) in [5.74, 6) is -1.45. The fraction of sp³-hybridized carbons (Fsp3) is 0.500. The normalized spacial score (nSPS) is 15.5. The Kier molecular flexibility index (Phi) is 3.86. The number of aromatic nitrogens is 2. The summed E-state index contributed by atoms with van der Waals surface area (Å²) in [6, 6.07) is -1.60. The van der Waals surface area contributed by atoms with E-state index in [0.29, 0.717) is 0 Å². The van der Waals surface area contributed by atoms with Gasteiger partial charge in [0.25, 0.3) is 0 Å². The molecular weight excluding hydrogens is 250 g/mol. The molecule has 0 aliphatic carbocycles. The van der Waals surface area contributed by atoms with Gasteiger partial charge in [0.05, 0.1) is 18.0 Å². The number of aliphatic hydroxyl groups excluding tert-OH is 1. The molecule has 1 aromatic rings. The van der Waals surface area contributed by atoms with Crippen LogP contribution < -0.4 is 4.72 Å². The lowest BCUT2D eigenvalue weighted by Crippen LogP contribution is -2.47. The first-order valence-corrected chi connectivity index (χ1v) is 6.17. The molecule has 17 heavy (non-hydrogen) atoms. The van der Waals surface area contributed by atoms with Gasteiger partial charge in [0.15, 0.2) is 0 Å². The second-order valence-electron chi connectivity index (χ2n) is 3.54. The third-order valence-electron chi connectivity index (χ3n) is 2.10. The topological polar surface area (TPSA) is 132 Å². The molecular formula is C8H13N3O5S. The summed E-state index contributed by atoms with van der Waals surface area (Å²) >= 11 is 0. The lowest BCUT2D eigenvalue weighted by Gasteiger charge is -2.16. The number of hydrogen-bond acceptors (Lipinski definition) is 5. The average Bonchev–Trinajstić information content (AvgIpc) is 2.60. The van der Waals surface area contributed by atoms with Crippen molar-refractivity contribution in [2.45, 2.75) is 30.9 Å². The average molecular weight is 263 g/mol. The van der Waals surface area contributed by atoms with E-state index in [1.54, 1.807) is 0 Å². The predicted molar refractivity (Wildman–Crippen MR) is 56.8 cm³/mol. The minimum atomic E-state index is -4.02. The van der Waals surface area contributed by atoms with Crippen LogP contribution in [0.1, 0.15) is 12.6 Å². The molecule has 2 atom stereocenters. The zero-order valence-electron chi connectivity index (χ0n) is 9.21. The summed E-state index contributed by atoms with van der Waals surface area (Å²) in [5, 5.41) is 23.9. The van der Waals surface area contributed by atoms with Crippen LogP contribution in [0, 0.1) is 6.92 Å². The molecule has 1 heterocycles. The van der Waals surface area contributed by atoms with Gasteiger partial charge in [-0.05, 0) is 13.8 Å². The molecule has 0 saturated heterocycles. The number of carbonyl (C=O) groups is 1. The van der Waals surface area contributed by atoms with Crippen molar-refractivity contribution in [1.29, 1.82) is 0 Å². The molecule has 9 heteroatoms. The Hall–Kier alpha value is -1.45. The molecule has 0 aliphatic heterocycles. The van der Waals surface area contributed by atoms with Crippen LogP contribution in [-0.2, 0) is 14.8 Å². The Morgan fingerprint density at radius 2 is 2.18 bits per heavy atom. The number of nitrogens with one attached hydrogen (secondary N) is 2. The zero-order chi connectivity index (χ0) is 13.2. The second kappa shape index (κ2) is 4.82. The monoisotopic (exact) mass is 263 g/mol. The van der Waals surface area contributed by atoms with Gasteiger partial charge in [-0.25, -0.2) is 8.42 Å². The van der Waals surface area contributed by atoms with Gasteiger partial charge in [0.2, 0.25) is 10.0 Å². The van der Waals surface area contributed by atoms with Crippen molar-refractivity contribution < 1.29 is 23.4 Å². The number of carboxylic acid groups (broad SMARTS) is 1. The molecule has 4 N–H and O–H groups in total. The molecule has 0 saturated carbocycles. The standard InChI is InChI=1S/C8H13N3O5S/c1-4-6(3-9-10-4)17(15,16)11-7(5(2)12)8(13)14/h3,5,7,11-12H,1-2H3,(H,9,10)(H,13,14)/t5-,7+/m1/s1. The Bertz CT molecular complexity index is 507. The highest BCUT2D eigenvalue weighted by atomic mass is 32.2.